The first kappa shape index (κ1) is 26.1. The number of nitrogens with one attached hydrogen (secondary N) is 2. The molecule has 1 aliphatic heterocycles. The summed E-state index contributed by atoms with van der Waals surface area (Å²) in [4.78, 5) is 13.9. The molecule has 0 radical (unpaired) electrons. The second-order valence-corrected chi connectivity index (χ2v) is 7.78. The van der Waals surface area contributed by atoms with Crippen LogP contribution in [0.25, 0.3) is 0 Å². The number of aromatic nitrogens is 1. The van der Waals surface area contributed by atoms with Gasteiger partial charge >= 0.3 is 0 Å². The first-order valence-corrected chi connectivity index (χ1v) is 10.9. The third-order valence-corrected chi connectivity index (χ3v) is 5.09. The Morgan fingerprint density at radius 3 is 2.62 bits per heavy atom. The fraction of sp³-hybridized carbons (Fsp3) is 0.478. The molecule has 1 aromatic carbocycles. The number of ether oxygens (including phenoxy) is 1. The van der Waals surface area contributed by atoms with Crippen LogP contribution in [0.5, 0.6) is 5.75 Å². The summed E-state index contributed by atoms with van der Waals surface area (Å²) in [6, 6.07) is 10.3. The van der Waals surface area contributed by atoms with Crippen molar-refractivity contribution in [2.75, 3.05) is 51.2 Å². The van der Waals surface area contributed by atoms with Gasteiger partial charge in [-0.1, -0.05) is 12.1 Å². The van der Waals surface area contributed by atoms with Crippen molar-refractivity contribution in [2.45, 2.75) is 26.5 Å². The number of rotatable bonds is 8. The zero-order valence-corrected chi connectivity index (χ0v) is 21.4. The van der Waals surface area contributed by atoms with E-state index < -0.39 is 0 Å². The van der Waals surface area contributed by atoms with Crippen molar-refractivity contribution < 1.29 is 9.13 Å². The molecule has 1 aromatic heterocycles. The summed E-state index contributed by atoms with van der Waals surface area (Å²) >= 11 is 0. The van der Waals surface area contributed by atoms with E-state index in [2.05, 4.69) is 49.6 Å². The van der Waals surface area contributed by atoms with Crippen LogP contribution in [0.15, 0.2) is 47.6 Å². The fourth-order valence-electron chi connectivity index (χ4n) is 3.30. The van der Waals surface area contributed by atoms with Crippen molar-refractivity contribution in [1.29, 1.82) is 0 Å². The average Bonchev–Trinajstić information content (AvgIpc) is 2.77. The van der Waals surface area contributed by atoms with Gasteiger partial charge in [0.1, 0.15) is 23.5 Å². The number of likely N-dealkylation sites (N-methyl/N-ethyl adjacent to an activating group) is 1. The summed E-state index contributed by atoms with van der Waals surface area (Å²) < 4.78 is 19.1. The van der Waals surface area contributed by atoms with E-state index >= 15 is 0 Å². The summed E-state index contributed by atoms with van der Waals surface area (Å²) in [7, 11) is 2.15. The van der Waals surface area contributed by atoms with Gasteiger partial charge in [0, 0.05) is 45.0 Å². The minimum atomic E-state index is -0.306. The van der Waals surface area contributed by atoms with Gasteiger partial charge in [0.2, 0.25) is 0 Å². The molecule has 2 aromatic rings. The lowest BCUT2D eigenvalue weighted by Crippen LogP contribution is -2.44. The molecule has 1 fully saturated rings. The number of guanidine groups is 1. The second kappa shape index (κ2) is 13.4. The summed E-state index contributed by atoms with van der Waals surface area (Å²) in [5.41, 5.74) is 1.05. The second-order valence-electron chi connectivity index (χ2n) is 7.78. The summed E-state index contributed by atoms with van der Waals surface area (Å²) in [6.07, 6.45) is 1.76. The van der Waals surface area contributed by atoms with Crippen molar-refractivity contribution in [1.82, 2.24) is 20.5 Å². The Labute approximate surface area is 207 Å². The SMILES string of the molecule is CCNC(=NCc1ccc(N2CCN(C)CC2)nc1)NCC(C)Oc1cccc(F)c1.I. The van der Waals surface area contributed by atoms with E-state index in [9.17, 15) is 4.39 Å². The predicted molar refractivity (Wildman–Crippen MR) is 139 cm³/mol. The monoisotopic (exact) mass is 556 g/mol. The Hall–Kier alpha value is -2.14. The van der Waals surface area contributed by atoms with E-state index in [1.54, 1.807) is 12.1 Å². The highest BCUT2D eigenvalue weighted by molar-refractivity contribution is 14.0. The van der Waals surface area contributed by atoms with Crippen LogP contribution < -0.4 is 20.3 Å². The molecule has 0 saturated carbocycles. The van der Waals surface area contributed by atoms with Crippen LogP contribution in [0.4, 0.5) is 10.2 Å². The van der Waals surface area contributed by atoms with E-state index in [4.69, 9.17) is 4.74 Å². The molecule has 0 aliphatic carbocycles. The van der Waals surface area contributed by atoms with E-state index in [-0.39, 0.29) is 35.9 Å². The van der Waals surface area contributed by atoms with Gasteiger partial charge in [-0.15, -0.1) is 24.0 Å². The van der Waals surface area contributed by atoms with Gasteiger partial charge in [-0.05, 0) is 44.7 Å². The summed E-state index contributed by atoms with van der Waals surface area (Å²) in [5, 5.41) is 6.52. The molecule has 32 heavy (non-hydrogen) atoms. The smallest absolute Gasteiger partial charge is 0.191 e. The minimum Gasteiger partial charge on any atom is -0.489 e. The quantitative estimate of drug-likeness (QED) is 0.296. The molecule has 1 aliphatic rings. The number of piperazine rings is 1. The lowest BCUT2D eigenvalue weighted by molar-refractivity contribution is 0.223. The van der Waals surface area contributed by atoms with Crippen LogP contribution in [-0.4, -0.2) is 68.3 Å². The number of nitrogens with zero attached hydrogens (tertiary/aromatic N) is 4. The lowest BCUT2D eigenvalue weighted by Gasteiger charge is -2.33. The van der Waals surface area contributed by atoms with Gasteiger partial charge in [-0.3, -0.25) is 0 Å². The molecular formula is C23H34FIN6O. The summed E-state index contributed by atoms with van der Waals surface area (Å²) in [5.74, 6) is 1.94. The maximum Gasteiger partial charge on any atom is 0.191 e. The third-order valence-electron chi connectivity index (χ3n) is 5.09. The largest absolute Gasteiger partial charge is 0.489 e. The zero-order chi connectivity index (χ0) is 22.1. The normalized spacial score (nSPS) is 15.6. The van der Waals surface area contributed by atoms with Crippen molar-refractivity contribution in [3.05, 3.63) is 54.0 Å². The van der Waals surface area contributed by atoms with Gasteiger partial charge in [0.05, 0.1) is 13.1 Å². The molecule has 1 unspecified atom stereocenters. The van der Waals surface area contributed by atoms with Crippen molar-refractivity contribution in [3.8, 4) is 5.75 Å². The molecule has 0 amide bonds. The van der Waals surface area contributed by atoms with Gasteiger partial charge in [-0.2, -0.15) is 0 Å². The fourth-order valence-corrected chi connectivity index (χ4v) is 3.30. The van der Waals surface area contributed by atoms with Gasteiger partial charge in [-0.25, -0.2) is 14.4 Å². The van der Waals surface area contributed by atoms with E-state index in [1.807, 2.05) is 20.0 Å². The Kier molecular flexibility index (Phi) is 10.9. The number of hydrogen-bond acceptors (Lipinski definition) is 5. The molecule has 7 nitrogen and oxygen atoms in total. The van der Waals surface area contributed by atoms with E-state index in [1.165, 1.54) is 12.1 Å². The maximum absolute atomic E-state index is 13.3. The molecule has 3 rings (SSSR count). The van der Waals surface area contributed by atoms with Crippen LogP contribution >= 0.6 is 24.0 Å². The van der Waals surface area contributed by atoms with Crippen molar-refractivity contribution >= 4 is 35.8 Å². The molecule has 0 bridgehead atoms. The number of benzene rings is 1. The van der Waals surface area contributed by atoms with E-state index in [0.29, 0.717) is 24.8 Å². The van der Waals surface area contributed by atoms with Gasteiger partial charge in [0.25, 0.3) is 0 Å². The lowest BCUT2D eigenvalue weighted by atomic mass is 10.2. The first-order chi connectivity index (χ1) is 15.0. The van der Waals surface area contributed by atoms with Crippen LogP contribution in [-0.2, 0) is 6.54 Å². The number of aliphatic imine (C=N–C) groups is 1. The number of pyridine rings is 1. The summed E-state index contributed by atoms with van der Waals surface area (Å²) in [6.45, 7) is 9.92. The zero-order valence-electron chi connectivity index (χ0n) is 19.1. The molecule has 1 atom stereocenters. The highest BCUT2D eigenvalue weighted by Gasteiger charge is 2.15. The molecular weight excluding hydrogens is 522 g/mol. The number of anilines is 1. The highest BCUT2D eigenvalue weighted by Crippen LogP contribution is 2.15. The Morgan fingerprint density at radius 1 is 1.19 bits per heavy atom. The molecule has 176 valence electrons. The van der Waals surface area contributed by atoms with Crippen LogP contribution in [0.1, 0.15) is 19.4 Å². The molecule has 0 spiro atoms. The van der Waals surface area contributed by atoms with Gasteiger partial charge < -0.3 is 25.2 Å². The average molecular weight is 556 g/mol. The molecule has 2 heterocycles. The Bertz CT molecular complexity index is 843. The molecule has 1 saturated heterocycles. The number of halogens is 2. The van der Waals surface area contributed by atoms with E-state index in [0.717, 1.165) is 44.1 Å². The van der Waals surface area contributed by atoms with Crippen LogP contribution in [0.2, 0.25) is 0 Å². The molecule has 2 N–H and O–H groups in total. The Morgan fingerprint density at radius 2 is 1.97 bits per heavy atom. The first-order valence-electron chi connectivity index (χ1n) is 10.9. The van der Waals surface area contributed by atoms with Crippen molar-refractivity contribution in [2.24, 2.45) is 4.99 Å². The minimum absolute atomic E-state index is 0. The van der Waals surface area contributed by atoms with Gasteiger partial charge in [0.15, 0.2) is 5.96 Å². The predicted octanol–water partition coefficient (Wildman–Crippen LogP) is 3.11. The standard InChI is InChI=1S/C23H33FN6O.HI/c1-4-25-23(27-15-18(2)31-21-7-5-6-20(24)14-21)28-17-19-8-9-22(26-16-19)30-12-10-29(3)11-13-30;/h5-9,14,16,18H,4,10-13,15,17H2,1-3H3,(H2,25,27,28);1H. The third kappa shape index (κ3) is 8.42. The van der Waals surface area contributed by atoms with Crippen LogP contribution in [0.3, 0.4) is 0 Å². The number of hydrogen-bond donors (Lipinski definition) is 2. The van der Waals surface area contributed by atoms with Crippen molar-refractivity contribution in [3.63, 3.8) is 0 Å². The molecule has 9 heteroatoms. The van der Waals surface area contributed by atoms with Crippen LogP contribution in [0, 0.1) is 5.82 Å². The maximum atomic E-state index is 13.3. The highest BCUT2D eigenvalue weighted by atomic mass is 127. The topological polar surface area (TPSA) is 65.0 Å². The Balaban J connectivity index is 0.00000363.